The van der Waals surface area contributed by atoms with E-state index in [0.717, 1.165) is 24.1 Å². The van der Waals surface area contributed by atoms with Crippen LogP contribution in [0.2, 0.25) is 0 Å². The summed E-state index contributed by atoms with van der Waals surface area (Å²) in [6.07, 6.45) is 0.854. The average Bonchev–Trinajstić information content (AvgIpc) is 2.59. The second-order valence-electron chi connectivity index (χ2n) is 5.52. The largest absolute Gasteiger partial charge is 0.504 e. The molecule has 2 aromatic rings. The fourth-order valence-corrected chi connectivity index (χ4v) is 2.95. The monoisotopic (exact) mass is 349 g/mol. The number of phenols is 2. The first kappa shape index (κ1) is 15.9. The van der Waals surface area contributed by atoms with Gasteiger partial charge in [0, 0.05) is 18.5 Å². The molecule has 0 fully saturated rings. The van der Waals surface area contributed by atoms with Gasteiger partial charge in [-0.25, -0.2) is 0 Å². The van der Waals surface area contributed by atoms with Crippen LogP contribution in [-0.2, 0) is 6.42 Å². The van der Waals surface area contributed by atoms with E-state index in [9.17, 15) is 10.2 Å². The van der Waals surface area contributed by atoms with Crippen LogP contribution in [-0.4, -0.2) is 22.8 Å². The zero-order valence-electron chi connectivity index (χ0n) is 11.9. The summed E-state index contributed by atoms with van der Waals surface area (Å²) < 4.78 is 0. The van der Waals surface area contributed by atoms with Crippen molar-refractivity contribution in [2.24, 2.45) is 0 Å². The number of aromatic hydroxyl groups is 2. The Morgan fingerprint density at radius 2 is 1.71 bits per heavy atom. The third-order valence-electron chi connectivity index (χ3n) is 4.01. The van der Waals surface area contributed by atoms with E-state index in [-0.39, 0.29) is 34.4 Å². The van der Waals surface area contributed by atoms with Crippen LogP contribution < -0.4 is 5.32 Å². The third-order valence-corrected chi connectivity index (χ3v) is 4.01. The molecule has 1 aliphatic heterocycles. The van der Waals surface area contributed by atoms with Crippen LogP contribution in [0.15, 0.2) is 42.5 Å². The number of hydrogen-bond donors (Lipinski definition) is 3. The Morgan fingerprint density at radius 3 is 2.43 bits per heavy atom. The van der Waals surface area contributed by atoms with E-state index < -0.39 is 0 Å². The lowest BCUT2D eigenvalue weighted by Crippen LogP contribution is -2.29. The van der Waals surface area contributed by atoms with Gasteiger partial charge in [0.05, 0.1) is 0 Å². The number of halogens is 1. The summed E-state index contributed by atoms with van der Waals surface area (Å²) in [6.45, 7) is 2.98. The second kappa shape index (κ2) is 6.50. The van der Waals surface area contributed by atoms with Crippen molar-refractivity contribution in [1.82, 2.24) is 5.32 Å². The summed E-state index contributed by atoms with van der Waals surface area (Å²) in [5.74, 6) is 0.117. The van der Waals surface area contributed by atoms with Gasteiger partial charge in [0.25, 0.3) is 0 Å². The first-order valence-corrected chi connectivity index (χ1v) is 6.98. The highest BCUT2D eigenvalue weighted by molar-refractivity contribution is 8.93. The van der Waals surface area contributed by atoms with Gasteiger partial charge in [-0.15, -0.1) is 17.0 Å². The molecule has 1 heterocycles. The van der Waals surface area contributed by atoms with Gasteiger partial charge in [0.15, 0.2) is 11.5 Å². The van der Waals surface area contributed by atoms with Crippen molar-refractivity contribution >= 4 is 17.0 Å². The molecule has 112 valence electrons. The highest BCUT2D eigenvalue weighted by atomic mass is 79.9. The molecule has 0 aliphatic carbocycles. The lowest BCUT2D eigenvalue weighted by Gasteiger charge is -2.19. The van der Waals surface area contributed by atoms with E-state index in [1.807, 2.05) is 18.2 Å². The van der Waals surface area contributed by atoms with E-state index >= 15 is 0 Å². The molecule has 21 heavy (non-hydrogen) atoms. The van der Waals surface area contributed by atoms with Crippen LogP contribution in [0.5, 0.6) is 11.5 Å². The van der Waals surface area contributed by atoms with E-state index in [0.29, 0.717) is 6.04 Å². The molecule has 0 saturated carbocycles. The molecular formula is C17H20BrNO2. The van der Waals surface area contributed by atoms with Gasteiger partial charge in [-0.1, -0.05) is 30.3 Å². The minimum Gasteiger partial charge on any atom is -0.504 e. The van der Waals surface area contributed by atoms with Gasteiger partial charge in [0.1, 0.15) is 0 Å². The highest BCUT2D eigenvalue weighted by Gasteiger charge is 2.24. The van der Waals surface area contributed by atoms with Gasteiger partial charge in [-0.05, 0) is 42.2 Å². The van der Waals surface area contributed by atoms with Gasteiger partial charge >= 0.3 is 0 Å². The summed E-state index contributed by atoms with van der Waals surface area (Å²) >= 11 is 0. The van der Waals surface area contributed by atoms with Crippen molar-refractivity contribution in [3.05, 3.63) is 59.2 Å². The minimum atomic E-state index is -0.0424. The molecule has 0 amide bonds. The molecular weight excluding hydrogens is 330 g/mol. The van der Waals surface area contributed by atoms with Crippen LogP contribution in [0.25, 0.3) is 0 Å². The average molecular weight is 350 g/mol. The van der Waals surface area contributed by atoms with Crippen LogP contribution >= 0.6 is 17.0 Å². The molecule has 3 nitrogen and oxygen atoms in total. The summed E-state index contributed by atoms with van der Waals surface area (Å²) in [5.41, 5.74) is 3.43. The van der Waals surface area contributed by atoms with Crippen molar-refractivity contribution in [2.75, 3.05) is 6.54 Å². The van der Waals surface area contributed by atoms with Crippen LogP contribution in [0.4, 0.5) is 0 Å². The van der Waals surface area contributed by atoms with E-state index in [1.54, 1.807) is 12.1 Å². The lowest BCUT2D eigenvalue weighted by atomic mass is 9.87. The summed E-state index contributed by atoms with van der Waals surface area (Å²) in [4.78, 5) is 0. The lowest BCUT2D eigenvalue weighted by molar-refractivity contribution is 0.402. The molecule has 2 unspecified atom stereocenters. The maximum absolute atomic E-state index is 9.83. The molecule has 4 heteroatoms. The zero-order valence-corrected chi connectivity index (χ0v) is 13.6. The van der Waals surface area contributed by atoms with E-state index in [4.69, 9.17) is 0 Å². The van der Waals surface area contributed by atoms with Gasteiger partial charge in [-0.3, -0.25) is 0 Å². The number of hydrogen-bond acceptors (Lipinski definition) is 3. The molecule has 0 spiro atoms. The standard InChI is InChI=1S/C17H19NO2.BrH/c1-11-7-13-8-16(19)17(20)9-14(13)15(10-18-11)12-5-3-2-4-6-12;/h2-6,8-9,11,15,18-20H,7,10H2,1H3;1H. The van der Waals surface area contributed by atoms with Gasteiger partial charge < -0.3 is 15.5 Å². The maximum atomic E-state index is 9.83. The minimum absolute atomic E-state index is 0. The van der Waals surface area contributed by atoms with Crippen molar-refractivity contribution in [1.29, 1.82) is 0 Å². The Balaban J connectivity index is 0.00000161. The fraction of sp³-hybridized carbons (Fsp3) is 0.294. The Labute approximate surface area is 135 Å². The molecule has 2 atom stereocenters. The van der Waals surface area contributed by atoms with Crippen LogP contribution in [0.3, 0.4) is 0 Å². The number of phenolic OH excluding ortho intramolecular Hbond substituents is 2. The van der Waals surface area contributed by atoms with Crippen molar-refractivity contribution in [3.8, 4) is 11.5 Å². The Kier molecular flexibility index (Phi) is 4.91. The molecule has 0 bridgehead atoms. The first-order valence-electron chi connectivity index (χ1n) is 6.98. The molecule has 0 aromatic heterocycles. The number of rotatable bonds is 1. The van der Waals surface area contributed by atoms with Gasteiger partial charge in [0.2, 0.25) is 0 Å². The molecule has 0 saturated heterocycles. The van der Waals surface area contributed by atoms with Crippen molar-refractivity contribution in [2.45, 2.75) is 25.3 Å². The molecule has 1 aliphatic rings. The smallest absolute Gasteiger partial charge is 0.157 e. The topological polar surface area (TPSA) is 52.5 Å². The van der Waals surface area contributed by atoms with Gasteiger partial charge in [-0.2, -0.15) is 0 Å². The van der Waals surface area contributed by atoms with Crippen LogP contribution in [0.1, 0.15) is 29.5 Å². The predicted molar refractivity (Wildman–Crippen MR) is 89.5 cm³/mol. The first-order chi connectivity index (χ1) is 9.65. The Morgan fingerprint density at radius 1 is 1.05 bits per heavy atom. The number of nitrogens with one attached hydrogen (secondary N) is 1. The Bertz CT molecular complexity index is 616. The van der Waals surface area contributed by atoms with E-state index in [1.165, 1.54) is 5.56 Å². The molecule has 3 N–H and O–H groups in total. The normalized spacial score (nSPS) is 21.0. The van der Waals surface area contributed by atoms with Crippen molar-refractivity contribution < 1.29 is 10.2 Å². The quantitative estimate of drug-likeness (QED) is 0.692. The zero-order chi connectivity index (χ0) is 14.1. The van der Waals surface area contributed by atoms with Crippen LogP contribution in [0, 0.1) is 0 Å². The predicted octanol–water partition coefficient (Wildman–Crippen LogP) is 3.34. The maximum Gasteiger partial charge on any atom is 0.157 e. The Hall–Kier alpha value is -1.52. The summed E-state index contributed by atoms with van der Waals surface area (Å²) in [5, 5.41) is 23.1. The molecule has 3 rings (SSSR count). The SMILES string of the molecule is Br.CC1Cc2cc(O)c(O)cc2C(c2ccccc2)CN1. The molecule has 2 aromatic carbocycles. The summed E-state index contributed by atoms with van der Waals surface area (Å²) in [6, 6.07) is 14.0. The van der Waals surface area contributed by atoms with E-state index in [2.05, 4.69) is 24.4 Å². The highest BCUT2D eigenvalue weighted by Crippen LogP contribution is 2.36. The summed E-state index contributed by atoms with van der Waals surface area (Å²) in [7, 11) is 0. The number of fused-ring (bicyclic) bond motifs is 1. The van der Waals surface area contributed by atoms with Crippen molar-refractivity contribution in [3.63, 3.8) is 0 Å². The third kappa shape index (κ3) is 3.22. The number of benzene rings is 2. The second-order valence-corrected chi connectivity index (χ2v) is 5.52. The molecule has 0 radical (unpaired) electrons. The fourth-order valence-electron chi connectivity index (χ4n) is 2.95.